The number of pyridine rings is 1. The van der Waals surface area contributed by atoms with E-state index < -0.39 is 0 Å². The number of fused-ring (bicyclic) bond motifs is 3. The molecular weight excluding hydrogens is 226 g/mol. The summed E-state index contributed by atoms with van der Waals surface area (Å²) in [6.07, 6.45) is 7.22. The van der Waals surface area contributed by atoms with Crippen LogP contribution in [0.15, 0.2) is 49.2 Å². The van der Waals surface area contributed by atoms with E-state index in [4.69, 9.17) is 0 Å². The highest BCUT2D eigenvalue weighted by atomic mass is 15.1. The summed E-state index contributed by atoms with van der Waals surface area (Å²) in [6.45, 7) is 0. The number of hydrogen-bond acceptors (Lipinski definition) is 3. The van der Waals surface area contributed by atoms with E-state index in [0.717, 1.165) is 27.6 Å². The maximum absolute atomic E-state index is 4.68. The second-order valence-electron chi connectivity index (χ2n) is 4.07. The molecule has 0 atom stereocenters. The van der Waals surface area contributed by atoms with Gasteiger partial charge in [0.05, 0.1) is 10.9 Å². The zero-order valence-corrected chi connectivity index (χ0v) is 9.41. The van der Waals surface area contributed by atoms with Crippen LogP contribution in [0, 0.1) is 0 Å². The minimum Gasteiger partial charge on any atom is -0.290 e. The first-order chi connectivity index (χ1) is 8.93. The standard InChI is InChI=1S/C13H9N5/c1-2-4-11-9(3-1)12-10(7-15-17-12)13(16-11)18-6-5-14-8-18/h1-8H,(H,15,17). The molecule has 0 saturated carbocycles. The summed E-state index contributed by atoms with van der Waals surface area (Å²) < 4.78 is 1.89. The number of imidazole rings is 1. The fraction of sp³-hybridized carbons (Fsp3) is 0. The van der Waals surface area contributed by atoms with Crippen LogP contribution < -0.4 is 0 Å². The minimum atomic E-state index is 0.843. The van der Waals surface area contributed by atoms with Crippen LogP contribution in [0.2, 0.25) is 0 Å². The maximum atomic E-state index is 4.68. The van der Waals surface area contributed by atoms with Gasteiger partial charge in [-0.15, -0.1) is 0 Å². The van der Waals surface area contributed by atoms with Gasteiger partial charge in [0, 0.05) is 24.0 Å². The van der Waals surface area contributed by atoms with E-state index in [1.54, 1.807) is 12.5 Å². The summed E-state index contributed by atoms with van der Waals surface area (Å²) in [5, 5.41) is 9.27. The fourth-order valence-electron chi connectivity index (χ4n) is 2.19. The molecule has 0 fully saturated rings. The highest BCUT2D eigenvalue weighted by molar-refractivity contribution is 6.05. The van der Waals surface area contributed by atoms with E-state index in [0.29, 0.717) is 0 Å². The van der Waals surface area contributed by atoms with Gasteiger partial charge in [-0.2, -0.15) is 5.10 Å². The van der Waals surface area contributed by atoms with Gasteiger partial charge in [-0.1, -0.05) is 18.2 Å². The average Bonchev–Trinajstić information content (AvgIpc) is 3.09. The Morgan fingerprint density at radius 1 is 1.11 bits per heavy atom. The van der Waals surface area contributed by atoms with Crippen molar-refractivity contribution in [2.24, 2.45) is 0 Å². The minimum absolute atomic E-state index is 0.843. The fourth-order valence-corrected chi connectivity index (χ4v) is 2.19. The Hall–Kier alpha value is -2.69. The molecule has 0 radical (unpaired) electrons. The van der Waals surface area contributed by atoms with Crippen molar-refractivity contribution in [2.45, 2.75) is 0 Å². The number of rotatable bonds is 1. The predicted octanol–water partition coefficient (Wildman–Crippen LogP) is 2.30. The van der Waals surface area contributed by atoms with Gasteiger partial charge in [0.1, 0.15) is 17.7 Å². The van der Waals surface area contributed by atoms with Crippen LogP contribution in [-0.2, 0) is 0 Å². The molecule has 0 aliphatic heterocycles. The van der Waals surface area contributed by atoms with Crippen LogP contribution in [0.1, 0.15) is 0 Å². The van der Waals surface area contributed by atoms with Crippen molar-refractivity contribution in [3.8, 4) is 5.82 Å². The van der Waals surface area contributed by atoms with Crippen LogP contribution in [0.4, 0.5) is 0 Å². The maximum Gasteiger partial charge on any atom is 0.149 e. The van der Waals surface area contributed by atoms with Crippen LogP contribution in [0.5, 0.6) is 0 Å². The van der Waals surface area contributed by atoms with E-state index in [9.17, 15) is 0 Å². The molecule has 0 aliphatic carbocycles. The molecule has 5 nitrogen and oxygen atoms in total. The first-order valence-electron chi connectivity index (χ1n) is 5.64. The van der Waals surface area contributed by atoms with Gasteiger partial charge in [-0.3, -0.25) is 9.67 Å². The number of aromatic amines is 1. The summed E-state index contributed by atoms with van der Waals surface area (Å²) in [5.74, 6) is 0.843. The Labute approximate surface area is 102 Å². The summed E-state index contributed by atoms with van der Waals surface area (Å²) in [6, 6.07) is 7.99. The zero-order chi connectivity index (χ0) is 11.9. The highest BCUT2D eigenvalue weighted by Gasteiger charge is 2.11. The van der Waals surface area contributed by atoms with Crippen molar-refractivity contribution in [1.29, 1.82) is 0 Å². The molecule has 1 aromatic carbocycles. The molecule has 1 N–H and O–H groups in total. The van der Waals surface area contributed by atoms with Crippen LogP contribution in [0.25, 0.3) is 27.6 Å². The van der Waals surface area contributed by atoms with Crippen molar-refractivity contribution in [3.05, 3.63) is 49.2 Å². The van der Waals surface area contributed by atoms with E-state index in [-0.39, 0.29) is 0 Å². The molecular formula is C13H9N5. The topological polar surface area (TPSA) is 59.4 Å². The van der Waals surface area contributed by atoms with E-state index in [1.165, 1.54) is 0 Å². The smallest absolute Gasteiger partial charge is 0.149 e. The number of benzene rings is 1. The lowest BCUT2D eigenvalue weighted by Gasteiger charge is -2.05. The van der Waals surface area contributed by atoms with Crippen LogP contribution in [-0.4, -0.2) is 24.7 Å². The second-order valence-corrected chi connectivity index (χ2v) is 4.07. The monoisotopic (exact) mass is 235 g/mol. The quantitative estimate of drug-likeness (QED) is 0.550. The third kappa shape index (κ3) is 1.18. The number of H-pyrrole nitrogens is 1. The number of aromatic nitrogens is 5. The molecule has 0 unspecified atom stereocenters. The number of nitrogens with zero attached hydrogens (tertiary/aromatic N) is 4. The van der Waals surface area contributed by atoms with Crippen molar-refractivity contribution in [3.63, 3.8) is 0 Å². The lowest BCUT2D eigenvalue weighted by Crippen LogP contribution is -1.96. The van der Waals surface area contributed by atoms with Gasteiger partial charge >= 0.3 is 0 Å². The van der Waals surface area contributed by atoms with Gasteiger partial charge in [-0.25, -0.2) is 9.97 Å². The lowest BCUT2D eigenvalue weighted by atomic mass is 10.1. The third-order valence-electron chi connectivity index (χ3n) is 3.02. The zero-order valence-electron chi connectivity index (χ0n) is 9.41. The molecule has 0 aliphatic rings. The summed E-state index contributed by atoms with van der Waals surface area (Å²) in [5.41, 5.74) is 1.87. The summed E-state index contributed by atoms with van der Waals surface area (Å²) in [7, 11) is 0. The Balaban J connectivity index is 2.21. The molecule has 5 heteroatoms. The number of para-hydroxylation sites is 1. The SMILES string of the molecule is c1ccc2c(c1)nc(-n1ccnc1)c1c[nH]nc12. The highest BCUT2D eigenvalue weighted by Crippen LogP contribution is 2.26. The van der Waals surface area contributed by atoms with Gasteiger partial charge in [0.15, 0.2) is 0 Å². The molecule has 0 amide bonds. The Morgan fingerprint density at radius 3 is 2.94 bits per heavy atom. The molecule has 86 valence electrons. The van der Waals surface area contributed by atoms with E-state index >= 15 is 0 Å². The normalized spacial score (nSPS) is 11.3. The molecule has 18 heavy (non-hydrogen) atoms. The van der Waals surface area contributed by atoms with E-state index in [1.807, 2.05) is 41.2 Å². The third-order valence-corrected chi connectivity index (χ3v) is 3.02. The first-order valence-corrected chi connectivity index (χ1v) is 5.64. The van der Waals surface area contributed by atoms with Crippen molar-refractivity contribution < 1.29 is 0 Å². The number of hydrogen-bond donors (Lipinski definition) is 1. The van der Waals surface area contributed by atoms with Gasteiger partial charge in [-0.05, 0) is 6.07 Å². The van der Waals surface area contributed by atoms with Crippen molar-refractivity contribution in [2.75, 3.05) is 0 Å². The Bertz CT molecular complexity index is 829. The van der Waals surface area contributed by atoms with Gasteiger partial charge in [0.2, 0.25) is 0 Å². The van der Waals surface area contributed by atoms with E-state index in [2.05, 4.69) is 20.2 Å². The lowest BCUT2D eigenvalue weighted by molar-refractivity contribution is 1.02. The van der Waals surface area contributed by atoms with Crippen molar-refractivity contribution >= 4 is 21.8 Å². The molecule has 4 rings (SSSR count). The molecule has 3 heterocycles. The second kappa shape index (κ2) is 3.40. The molecule has 3 aromatic heterocycles. The van der Waals surface area contributed by atoms with Gasteiger partial charge < -0.3 is 0 Å². The van der Waals surface area contributed by atoms with Crippen LogP contribution in [0.3, 0.4) is 0 Å². The molecule has 0 saturated heterocycles. The van der Waals surface area contributed by atoms with Crippen LogP contribution >= 0.6 is 0 Å². The number of nitrogens with one attached hydrogen (secondary N) is 1. The Morgan fingerprint density at radius 2 is 2.06 bits per heavy atom. The first kappa shape index (κ1) is 9.35. The molecule has 4 aromatic rings. The summed E-state index contributed by atoms with van der Waals surface area (Å²) in [4.78, 5) is 8.74. The summed E-state index contributed by atoms with van der Waals surface area (Å²) >= 11 is 0. The van der Waals surface area contributed by atoms with Crippen molar-refractivity contribution in [1.82, 2.24) is 24.7 Å². The molecule has 0 spiro atoms. The molecule has 0 bridgehead atoms. The largest absolute Gasteiger partial charge is 0.290 e. The predicted molar refractivity (Wildman–Crippen MR) is 68.5 cm³/mol. The van der Waals surface area contributed by atoms with Gasteiger partial charge in [0.25, 0.3) is 0 Å². The Kier molecular flexibility index (Phi) is 1.77. The average molecular weight is 235 g/mol.